The Balaban J connectivity index is 2.37. The first kappa shape index (κ1) is 16.5. The van der Waals surface area contributed by atoms with E-state index >= 15 is 0 Å². The Kier molecular flexibility index (Phi) is 6.48. The molecule has 1 aromatic carbocycles. The molecule has 0 spiro atoms. The molecule has 0 heterocycles. The SMILES string of the molecule is CCNC(C)(CCCOc1ccc(CO)cc1)C(=O)O. The molecule has 0 radical (unpaired) electrons. The number of carboxylic acids is 1. The Morgan fingerprint density at radius 2 is 2.00 bits per heavy atom. The van der Waals surface area contributed by atoms with Crippen LogP contribution in [0.25, 0.3) is 0 Å². The predicted molar refractivity (Wildman–Crippen MR) is 76.8 cm³/mol. The van der Waals surface area contributed by atoms with E-state index in [2.05, 4.69) is 5.32 Å². The maximum Gasteiger partial charge on any atom is 0.323 e. The zero-order valence-corrected chi connectivity index (χ0v) is 12.1. The molecule has 112 valence electrons. The summed E-state index contributed by atoms with van der Waals surface area (Å²) >= 11 is 0. The molecule has 1 rings (SSSR count). The van der Waals surface area contributed by atoms with Crippen molar-refractivity contribution >= 4 is 5.97 Å². The number of ether oxygens (including phenoxy) is 1. The lowest BCUT2D eigenvalue weighted by Gasteiger charge is -2.25. The predicted octanol–water partition coefficient (Wildman–Crippen LogP) is 1.79. The zero-order chi connectivity index (χ0) is 15.0. The first-order chi connectivity index (χ1) is 9.51. The third-order valence-electron chi connectivity index (χ3n) is 3.23. The summed E-state index contributed by atoms with van der Waals surface area (Å²) in [5.41, 5.74) is -0.0678. The van der Waals surface area contributed by atoms with Crippen molar-refractivity contribution in [1.29, 1.82) is 0 Å². The second-order valence-corrected chi connectivity index (χ2v) is 4.92. The summed E-state index contributed by atoms with van der Waals surface area (Å²) in [7, 11) is 0. The zero-order valence-electron chi connectivity index (χ0n) is 12.1. The van der Waals surface area contributed by atoms with Crippen molar-refractivity contribution in [3.05, 3.63) is 29.8 Å². The molecule has 1 atom stereocenters. The Labute approximate surface area is 119 Å². The van der Waals surface area contributed by atoms with Gasteiger partial charge in [0.25, 0.3) is 0 Å². The van der Waals surface area contributed by atoms with E-state index in [1.54, 1.807) is 31.2 Å². The fraction of sp³-hybridized carbons (Fsp3) is 0.533. The average molecular weight is 281 g/mol. The summed E-state index contributed by atoms with van der Waals surface area (Å²) in [4.78, 5) is 11.2. The van der Waals surface area contributed by atoms with Gasteiger partial charge >= 0.3 is 5.97 Å². The van der Waals surface area contributed by atoms with Crippen LogP contribution in [-0.4, -0.2) is 34.9 Å². The molecule has 1 aromatic rings. The summed E-state index contributed by atoms with van der Waals surface area (Å²) in [6, 6.07) is 7.20. The van der Waals surface area contributed by atoms with Crippen LogP contribution in [0, 0.1) is 0 Å². The van der Waals surface area contributed by atoms with Gasteiger partial charge in [-0.25, -0.2) is 0 Å². The number of aliphatic hydroxyl groups excluding tert-OH is 1. The van der Waals surface area contributed by atoms with Crippen molar-refractivity contribution in [3.63, 3.8) is 0 Å². The van der Waals surface area contributed by atoms with Gasteiger partial charge in [0.1, 0.15) is 11.3 Å². The van der Waals surface area contributed by atoms with E-state index in [0.717, 1.165) is 11.3 Å². The number of likely N-dealkylation sites (N-methyl/N-ethyl adjacent to an activating group) is 1. The van der Waals surface area contributed by atoms with Gasteiger partial charge in [0, 0.05) is 0 Å². The number of hydrogen-bond donors (Lipinski definition) is 3. The highest BCUT2D eigenvalue weighted by molar-refractivity contribution is 5.78. The molecule has 3 N–H and O–H groups in total. The van der Waals surface area contributed by atoms with Gasteiger partial charge < -0.3 is 20.3 Å². The minimum Gasteiger partial charge on any atom is -0.494 e. The third kappa shape index (κ3) is 4.83. The van der Waals surface area contributed by atoms with Crippen LogP contribution in [0.1, 0.15) is 32.3 Å². The fourth-order valence-electron chi connectivity index (χ4n) is 1.97. The van der Waals surface area contributed by atoms with E-state index in [1.807, 2.05) is 6.92 Å². The normalized spacial score (nSPS) is 13.8. The van der Waals surface area contributed by atoms with Gasteiger partial charge in [-0.3, -0.25) is 4.79 Å². The van der Waals surface area contributed by atoms with Gasteiger partial charge in [-0.05, 0) is 44.0 Å². The Morgan fingerprint density at radius 3 is 2.50 bits per heavy atom. The minimum atomic E-state index is -0.904. The Bertz CT molecular complexity index is 418. The van der Waals surface area contributed by atoms with Crippen molar-refractivity contribution in [2.75, 3.05) is 13.2 Å². The minimum absolute atomic E-state index is 0.0138. The van der Waals surface area contributed by atoms with E-state index in [0.29, 0.717) is 26.0 Å². The molecule has 5 nitrogen and oxygen atoms in total. The lowest BCUT2D eigenvalue weighted by Crippen LogP contribution is -2.49. The molecule has 20 heavy (non-hydrogen) atoms. The number of aliphatic carboxylic acids is 1. The molecule has 0 saturated carbocycles. The third-order valence-corrected chi connectivity index (χ3v) is 3.23. The fourth-order valence-corrected chi connectivity index (χ4v) is 1.97. The molecule has 5 heteroatoms. The molecule has 0 aromatic heterocycles. The van der Waals surface area contributed by atoms with Crippen molar-refractivity contribution < 1.29 is 19.7 Å². The molecule has 0 aliphatic heterocycles. The van der Waals surface area contributed by atoms with Crippen molar-refractivity contribution in [3.8, 4) is 5.75 Å². The molecule has 0 amide bonds. The van der Waals surface area contributed by atoms with Crippen LogP contribution in [0.2, 0.25) is 0 Å². The monoisotopic (exact) mass is 281 g/mol. The van der Waals surface area contributed by atoms with Gasteiger partial charge in [0.2, 0.25) is 0 Å². The van der Waals surface area contributed by atoms with Crippen LogP contribution >= 0.6 is 0 Å². The van der Waals surface area contributed by atoms with Crippen molar-refractivity contribution in [2.45, 2.75) is 38.8 Å². The number of hydrogen-bond acceptors (Lipinski definition) is 4. The summed E-state index contributed by atoms with van der Waals surface area (Å²) in [5, 5.41) is 21.1. The summed E-state index contributed by atoms with van der Waals surface area (Å²) in [5.74, 6) is -0.116. The number of carbonyl (C=O) groups is 1. The standard InChI is InChI=1S/C15H23NO4/c1-3-16-15(2,14(18)19)9-4-10-20-13-7-5-12(11-17)6-8-13/h5-8,16-17H,3-4,9-11H2,1-2H3,(H,18,19). The Morgan fingerprint density at radius 1 is 1.35 bits per heavy atom. The first-order valence-corrected chi connectivity index (χ1v) is 6.83. The molecule has 0 aliphatic rings. The van der Waals surface area contributed by atoms with Crippen LogP contribution in [-0.2, 0) is 11.4 Å². The molecule has 1 unspecified atom stereocenters. The van der Waals surface area contributed by atoms with Crippen molar-refractivity contribution in [1.82, 2.24) is 5.32 Å². The van der Waals surface area contributed by atoms with Crippen LogP contribution in [0.3, 0.4) is 0 Å². The maximum absolute atomic E-state index is 11.2. The second-order valence-electron chi connectivity index (χ2n) is 4.92. The highest BCUT2D eigenvalue weighted by Crippen LogP contribution is 2.15. The van der Waals surface area contributed by atoms with E-state index < -0.39 is 11.5 Å². The smallest absolute Gasteiger partial charge is 0.323 e. The van der Waals surface area contributed by atoms with Gasteiger partial charge in [0.05, 0.1) is 13.2 Å². The van der Waals surface area contributed by atoms with Crippen LogP contribution < -0.4 is 10.1 Å². The highest BCUT2D eigenvalue weighted by atomic mass is 16.5. The molecule has 0 saturated heterocycles. The largest absolute Gasteiger partial charge is 0.494 e. The number of carboxylic acid groups (broad SMARTS) is 1. The summed E-state index contributed by atoms with van der Waals surface area (Å²) in [6.07, 6.45) is 1.16. The highest BCUT2D eigenvalue weighted by Gasteiger charge is 2.31. The van der Waals surface area contributed by atoms with Gasteiger partial charge in [0.15, 0.2) is 0 Å². The van der Waals surface area contributed by atoms with E-state index in [4.69, 9.17) is 9.84 Å². The quantitative estimate of drug-likeness (QED) is 0.601. The second kappa shape index (κ2) is 7.87. The molecule has 0 aliphatic carbocycles. The van der Waals surface area contributed by atoms with E-state index in [9.17, 15) is 9.90 Å². The van der Waals surface area contributed by atoms with Crippen LogP contribution in [0.4, 0.5) is 0 Å². The number of rotatable bonds is 9. The van der Waals surface area contributed by atoms with E-state index in [1.165, 1.54) is 0 Å². The van der Waals surface area contributed by atoms with Gasteiger partial charge in [-0.2, -0.15) is 0 Å². The lowest BCUT2D eigenvalue weighted by atomic mass is 9.96. The van der Waals surface area contributed by atoms with Gasteiger partial charge in [-0.1, -0.05) is 19.1 Å². The van der Waals surface area contributed by atoms with Crippen molar-refractivity contribution in [2.24, 2.45) is 0 Å². The van der Waals surface area contributed by atoms with E-state index in [-0.39, 0.29) is 6.61 Å². The molecule has 0 bridgehead atoms. The van der Waals surface area contributed by atoms with Crippen LogP contribution in [0.15, 0.2) is 24.3 Å². The average Bonchev–Trinajstić information content (AvgIpc) is 2.44. The Hall–Kier alpha value is -1.59. The van der Waals surface area contributed by atoms with Crippen LogP contribution in [0.5, 0.6) is 5.75 Å². The first-order valence-electron chi connectivity index (χ1n) is 6.83. The summed E-state index contributed by atoms with van der Waals surface area (Å²) in [6.45, 7) is 4.67. The number of benzene rings is 1. The number of aliphatic hydroxyl groups is 1. The van der Waals surface area contributed by atoms with Gasteiger partial charge in [-0.15, -0.1) is 0 Å². The molecular formula is C15H23NO4. The summed E-state index contributed by atoms with van der Waals surface area (Å²) < 4.78 is 5.56. The topological polar surface area (TPSA) is 78.8 Å². The maximum atomic E-state index is 11.2. The molecule has 0 fully saturated rings. The lowest BCUT2D eigenvalue weighted by molar-refractivity contribution is -0.144. The molecular weight excluding hydrogens is 258 g/mol. The number of nitrogens with one attached hydrogen (secondary N) is 1.